The molecule has 0 aromatic heterocycles. The van der Waals surface area contributed by atoms with E-state index >= 15 is 0 Å². The van der Waals surface area contributed by atoms with E-state index in [0.29, 0.717) is 5.71 Å². The maximum atomic E-state index is 13.1. The Morgan fingerprint density at radius 1 is 0.853 bits per heavy atom. The van der Waals surface area contributed by atoms with Crippen molar-refractivity contribution < 1.29 is 25.1 Å². The first kappa shape index (κ1) is 27.7. The average molecular weight is 481 g/mol. The van der Waals surface area contributed by atoms with Gasteiger partial charge in [0.1, 0.15) is 12.5 Å². The van der Waals surface area contributed by atoms with Gasteiger partial charge in [0.2, 0.25) is 11.5 Å². The average Bonchev–Trinajstić information content (AvgIpc) is 2.58. The molecule has 0 amide bonds. The summed E-state index contributed by atoms with van der Waals surface area (Å²) < 4.78 is 0. The zero-order chi connectivity index (χ0) is 26.0. The first-order chi connectivity index (χ1) is 15.3. The summed E-state index contributed by atoms with van der Waals surface area (Å²) in [7, 11) is 0. The predicted octanol–water partition coefficient (Wildman–Crippen LogP) is -0.502. The molecule has 1 aliphatic carbocycles. The fourth-order valence-electron chi connectivity index (χ4n) is 8.14. The third kappa shape index (κ3) is 5.00. The van der Waals surface area contributed by atoms with Crippen LogP contribution in [0.1, 0.15) is 94.9 Å². The monoisotopic (exact) mass is 480 g/mol. The summed E-state index contributed by atoms with van der Waals surface area (Å²) in [6.45, 7) is 20.4. The Labute approximate surface area is 205 Å². The summed E-state index contributed by atoms with van der Waals surface area (Å²) in [4.78, 5) is 20.6. The van der Waals surface area contributed by atoms with Crippen LogP contribution in [0, 0.1) is 0 Å². The van der Waals surface area contributed by atoms with Gasteiger partial charge in [0.15, 0.2) is 6.04 Å². The quantitative estimate of drug-likeness (QED) is 0.420. The SMILES string of the molecule is CC(O)N1C(C)(C)CC(NC2C(=O)C(=[NH+]C3CC(C)(C)N(C(C)O)C(C)(C)C3)C2[O-])CC1(C)C. The van der Waals surface area contributed by atoms with E-state index < -0.39 is 24.6 Å². The summed E-state index contributed by atoms with van der Waals surface area (Å²) in [5.41, 5.74) is -0.783. The van der Waals surface area contributed by atoms with E-state index in [1.54, 1.807) is 13.8 Å². The minimum absolute atomic E-state index is 0.00324. The topological polar surface area (TPSA) is 113 Å². The second-order valence-electron chi connectivity index (χ2n) is 13.5. The number of carbonyl (C=O) groups excluding carboxylic acids is 1. The highest BCUT2D eigenvalue weighted by Gasteiger charge is 2.53. The van der Waals surface area contributed by atoms with Crippen molar-refractivity contribution in [3.8, 4) is 0 Å². The predicted molar refractivity (Wildman–Crippen MR) is 131 cm³/mol. The molecule has 34 heavy (non-hydrogen) atoms. The van der Waals surface area contributed by atoms with Gasteiger partial charge in [-0.1, -0.05) is 0 Å². The molecule has 0 radical (unpaired) electrons. The van der Waals surface area contributed by atoms with Gasteiger partial charge in [-0.3, -0.25) is 14.6 Å². The first-order valence-electron chi connectivity index (χ1n) is 12.8. The molecule has 4 atom stereocenters. The molecule has 0 spiro atoms. The van der Waals surface area contributed by atoms with Gasteiger partial charge in [-0.05, 0) is 88.2 Å². The van der Waals surface area contributed by atoms with Crippen LogP contribution in [0.15, 0.2) is 0 Å². The van der Waals surface area contributed by atoms with Gasteiger partial charge in [0.25, 0.3) is 0 Å². The molecule has 3 fully saturated rings. The number of likely N-dealkylation sites (tertiary alicyclic amines) is 2. The van der Waals surface area contributed by atoms with Crippen molar-refractivity contribution in [1.29, 1.82) is 0 Å². The van der Waals surface area contributed by atoms with Crippen molar-refractivity contribution in [2.24, 2.45) is 0 Å². The summed E-state index contributed by atoms with van der Waals surface area (Å²) in [5.74, 6) is -0.123. The number of hydrogen-bond acceptors (Lipinski definition) is 7. The van der Waals surface area contributed by atoms with E-state index in [2.05, 4.69) is 75.5 Å². The van der Waals surface area contributed by atoms with Crippen LogP contribution in [0.5, 0.6) is 0 Å². The Balaban J connectivity index is 1.70. The van der Waals surface area contributed by atoms with Crippen molar-refractivity contribution >= 4 is 11.5 Å². The maximum absolute atomic E-state index is 13.1. The number of nitrogens with one attached hydrogen (secondary N) is 2. The Kier molecular flexibility index (Phi) is 7.24. The van der Waals surface area contributed by atoms with E-state index in [4.69, 9.17) is 0 Å². The number of nitrogens with zero attached hydrogens (tertiary/aromatic N) is 2. The second-order valence-corrected chi connectivity index (χ2v) is 13.5. The molecule has 2 saturated heterocycles. The number of Topliss-reactive ketones (excluding diaryl/α,β-unsaturated/α-hetero) is 1. The second kappa shape index (κ2) is 8.89. The largest absolute Gasteiger partial charge is 0.843 e. The minimum Gasteiger partial charge on any atom is -0.843 e. The van der Waals surface area contributed by atoms with Crippen LogP contribution < -0.4 is 15.4 Å². The zero-order valence-electron chi connectivity index (χ0n) is 22.9. The van der Waals surface area contributed by atoms with Gasteiger partial charge in [-0.2, -0.15) is 0 Å². The number of carbonyl (C=O) groups is 1. The number of aliphatic hydroxyl groups excluding tert-OH is 2. The lowest BCUT2D eigenvalue weighted by atomic mass is 9.74. The molecule has 2 heterocycles. The summed E-state index contributed by atoms with van der Waals surface area (Å²) in [6.07, 6.45) is 0.739. The summed E-state index contributed by atoms with van der Waals surface area (Å²) in [5, 5.41) is 37.2. The zero-order valence-corrected chi connectivity index (χ0v) is 22.9. The normalized spacial score (nSPS) is 35.2. The van der Waals surface area contributed by atoms with Crippen LogP contribution in [0.25, 0.3) is 0 Å². The highest BCUT2D eigenvalue weighted by atomic mass is 16.3. The van der Waals surface area contributed by atoms with Crippen LogP contribution in [-0.4, -0.2) is 90.3 Å². The highest BCUT2D eigenvalue weighted by Crippen LogP contribution is 2.40. The number of hydrogen-bond donors (Lipinski definition) is 4. The molecule has 4 unspecified atom stereocenters. The van der Waals surface area contributed by atoms with E-state index in [-0.39, 0.29) is 40.0 Å². The molecule has 8 nitrogen and oxygen atoms in total. The molecular weight excluding hydrogens is 432 g/mol. The van der Waals surface area contributed by atoms with Gasteiger partial charge in [-0.25, -0.2) is 4.99 Å². The lowest BCUT2D eigenvalue weighted by Gasteiger charge is -2.57. The Morgan fingerprint density at radius 3 is 1.59 bits per heavy atom. The van der Waals surface area contributed by atoms with Crippen LogP contribution in [0.4, 0.5) is 0 Å². The van der Waals surface area contributed by atoms with E-state index in [0.717, 1.165) is 25.7 Å². The third-order valence-electron chi connectivity index (χ3n) is 8.25. The van der Waals surface area contributed by atoms with Gasteiger partial charge in [0, 0.05) is 41.0 Å². The molecule has 3 aliphatic rings. The number of aliphatic hydroxyl groups is 2. The molecule has 0 aromatic rings. The third-order valence-corrected chi connectivity index (χ3v) is 8.25. The molecule has 0 aromatic carbocycles. The van der Waals surface area contributed by atoms with Gasteiger partial charge in [0.05, 0.1) is 6.04 Å². The van der Waals surface area contributed by atoms with Crippen LogP contribution in [0.3, 0.4) is 0 Å². The Hall–Kier alpha value is -0.900. The standard InChI is InChI=1S/C26H47N4O4/c1-15(31)29-23(3,4)11-17(12-24(29,5)6)27-19-21(33)20(22(19)34)28-18-13-25(7,8)30(16(2)32)26(9,10)14-18/h15-19,21,27,31-32H,11-14H2,1-10H3/q-1/p+1. The molecule has 1 saturated carbocycles. The number of piperidine rings is 2. The minimum atomic E-state index is -1.10. The number of ketones is 1. The lowest BCUT2D eigenvalue weighted by molar-refractivity contribution is -0.532. The Morgan fingerprint density at radius 2 is 1.24 bits per heavy atom. The molecule has 0 bridgehead atoms. The first-order valence-corrected chi connectivity index (χ1v) is 12.8. The molecule has 3 rings (SSSR count). The van der Waals surface area contributed by atoms with Gasteiger partial charge >= 0.3 is 0 Å². The number of rotatable bonds is 5. The van der Waals surface area contributed by atoms with Crippen molar-refractivity contribution in [2.75, 3.05) is 0 Å². The lowest BCUT2D eigenvalue weighted by Crippen LogP contribution is -2.93. The van der Waals surface area contributed by atoms with Crippen molar-refractivity contribution in [3.05, 3.63) is 0 Å². The van der Waals surface area contributed by atoms with E-state index in [9.17, 15) is 20.1 Å². The molecule has 196 valence electrons. The van der Waals surface area contributed by atoms with Crippen molar-refractivity contribution in [1.82, 2.24) is 15.1 Å². The van der Waals surface area contributed by atoms with Gasteiger partial charge in [-0.15, -0.1) is 0 Å². The fraction of sp³-hybridized carbons (Fsp3) is 0.923. The van der Waals surface area contributed by atoms with Crippen LogP contribution in [0.2, 0.25) is 0 Å². The maximum Gasteiger partial charge on any atom is 0.236 e. The van der Waals surface area contributed by atoms with Gasteiger partial charge < -0.3 is 20.6 Å². The summed E-state index contributed by atoms with van der Waals surface area (Å²) in [6, 6.07) is -0.682. The Bertz CT molecular complexity index is 782. The van der Waals surface area contributed by atoms with Crippen LogP contribution in [-0.2, 0) is 4.79 Å². The summed E-state index contributed by atoms with van der Waals surface area (Å²) >= 11 is 0. The fourth-order valence-corrected chi connectivity index (χ4v) is 8.14. The van der Waals surface area contributed by atoms with Crippen molar-refractivity contribution in [3.63, 3.8) is 0 Å². The smallest absolute Gasteiger partial charge is 0.236 e. The molecule has 8 heteroatoms. The molecule has 4 N–H and O–H groups in total. The van der Waals surface area contributed by atoms with E-state index in [1.807, 2.05) is 0 Å². The molecule has 2 aliphatic heterocycles. The highest BCUT2D eigenvalue weighted by molar-refractivity contribution is 6.48. The molecular formula is C26H48N4O4. The van der Waals surface area contributed by atoms with E-state index in [1.165, 1.54) is 0 Å². The van der Waals surface area contributed by atoms with Crippen molar-refractivity contribution in [2.45, 2.75) is 154 Å². The van der Waals surface area contributed by atoms with Crippen LogP contribution >= 0.6 is 0 Å².